The van der Waals surface area contributed by atoms with E-state index in [2.05, 4.69) is 5.32 Å². The standard InChI is InChI=1S/C19H17ClNO5PS/c1-26-14-5-2-12(3-6-14)8-9-21-19(22)18(27(23,24)25)16-11-28-17-7-4-13(20)10-15(16)17/h2-11,18H,1H3,(H,21,22)(H2,23,24,25)/b9-8+. The third kappa shape index (κ3) is 4.63. The molecule has 6 nitrogen and oxygen atoms in total. The second kappa shape index (κ2) is 8.47. The average Bonchev–Trinajstić information content (AvgIpc) is 3.04. The van der Waals surface area contributed by atoms with Gasteiger partial charge >= 0.3 is 7.60 Å². The number of hydrogen-bond donors (Lipinski definition) is 3. The van der Waals surface area contributed by atoms with Crippen LogP contribution in [-0.2, 0) is 9.36 Å². The minimum Gasteiger partial charge on any atom is -0.497 e. The Bertz CT molecular complexity index is 1070. The van der Waals surface area contributed by atoms with Gasteiger partial charge in [-0.1, -0.05) is 23.7 Å². The number of methoxy groups -OCH3 is 1. The Kier molecular flexibility index (Phi) is 6.23. The highest BCUT2D eigenvalue weighted by Crippen LogP contribution is 2.54. The van der Waals surface area contributed by atoms with Gasteiger partial charge in [-0.3, -0.25) is 9.36 Å². The molecule has 9 heteroatoms. The SMILES string of the molecule is COc1ccc(/C=C/NC(=O)C(c2csc3ccc(Cl)cc23)P(=O)(O)O)cc1. The molecule has 1 atom stereocenters. The highest BCUT2D eigenvalue weighted by Gasteiger charge is 2.38. The molecular weight excluding hydrogens is 421 g/mol. The van der Waals surface area contributed by atoms with Gasteiger partial charge in [0.15, 0.2) is 5.66 Å². The maximum atomic E-state index is 12.6. The number of carbonyl (C=O) groups is 1. The molecule has 1 heterocycles. The normalized spacial score (nSPS) is 13.0. The van der Waals surface area contributed by atoms with Crippen molar-refractivity contribution in [1.82, 2.24) is 5.32 Å². The van der Waals surface area contributed by atoms with Crippen LogP contribution in [0.5, 0.6) is 5.75 Å². The molecule has 2 aromatic carbocycles. The van der Waals surface area contributed by atoms with Gasteiger partial charge < -0.3 is 19.8 Å². The van der Waals surface area contributed by atoms with Crippen LogP contribution >= 0.6 is 30.5 Å². The van der Waals surface area contributed by atoms with Crippen molar-refractivity contribution in [1.29, 1.82) is 0 Å². The molecule has 0 bridgehead atoms. The summed E-state index contributed by atoms with van der Waals surface area (Å²) in [5.74, 6) is -0.0940. The Morgan fingerprint density at radius 3 is 2.61 bits per heavy atom. The molecule has 1 aromatic heterocycles. The molecule has 0 aliphatic heterocycles. The van der Waals surface area contributed by atoms with Crippen LogP contribution in [0.25, 0.3) is 16.2 Å². The second-order valence-corrected chi connectivity index (χ2v) is 8.98. The Balaban J connectivity index is 1.85. The van der Waals surface area contributed by atoms with E-state index in [1.807, 2.05) is 0 Å². The van der Waals surface area contributed by atoms with Gasteiger partial charge in [0.25, 0.3) is 0 Å². The number of hydrogen-bond acceptors (Lipinski definition) is 4. The molecule has 146 valence electrons. The quantitative estimate of drug-likeness (QED) is 0.491. The predicted molar refractivity (Wildman–Crippen MR) is 112 cm³/mol. The number of halogens is 1. The van der Waals surface area contributed by atoms with E-state index in [9.17, 15) is 19.1 Å². The van der Waals surface area contributed by atoms with Gasteiger partial charge in [-0.2, -0.15) is 0 Å². The maximum Gasteiger partial charge on any atom is 0.342 e. The Labute approximate surface area is 170 Å². The van der Waals surface area contributed by atoms with Crippen molar-refractivity contribution in [2.45, 2.75) is 5.66 Å². The molecule has 0 aliphatic carbocycles. The number of benzene rings is 2. The van der Waals surface area contributed by atoms with E-state index in [4.69, 9.17) is 16.3 Å². The van der Waals surface area contributed by atoms with E-state index in [0.717, 1.165) is 10.3 Å². The lowest BCUT2D eigenvalue weighted by molar-refractivity contribution is -0.120. The molecule has 1 unspecified atom stereocenters. The van der Waals surface area contributed by atoms with Gasteiger partial charge in [0.1, 0.15) is 5.75 Å². The number of amides is 1. The van der Waals surface area contributed by atoms with Gasteiger partial charge in [0, 0.05) is 15.9 Å². The summed E-state index contributed by atoms with van der Waals surface area (Å²) in [6.45, 7) is 0. The molecule has 0 saturated carbocycles. The zero-order valence-corrected chi connectivity index (χ0v) is 17.2. The van der Waals surface area contributed by atoms with Crippen LogP contribution < -0.4 is 10.1 Å². The summed E-state index contributed by atoms with van der Waals surface area (Å²) in [4.78, 5) is 32.2. The van der Waals surface area contributed by atoms with Crippen molar-refractivity contribution >= 4 is 52.6 Å². The first-order valence-corrected chi connectivity index (χ1v) is 11.1. The number of rotatable bonds is 6. The Hall–Kier alpha value is -2.15. The highest BCUT2D eigenvalue weighted by molar-refractivity contribution is 7.53. The van der Waals surface area contributed by atoms with Crippen LogP contribution in [0.4, 0.5) is 0 Å². The monoisotopic (exact) mass is 437 g/mol. The van der Waals surface area contributed by atoms with E-state index in [1.54, 1.807) is 61.0 Å². The van der Waals surface area contributed by atoms with Crippen LogP contribution in [0.3, 0.4) is 0 Å². The fourth-order valence-electron chi connectivity index (χ4n) is 2.72. The smallest absolute Gasteiger partial charge is 0.342 e. The van der Waals surface area contributed by atoms with Crippen molar-refractivity contribution in [2.24, 2.45) is 0 Å². The number of nitrogens with one attached hydrogen (secondary N) is 1. The van der Waals surface area contributed by atoms with Gasteiger partial charge in [0.05, 0.1) is 7.11 Å². The van der Waals surface area contributed by atoms with Crippen LogP contribution in [0.1, 0.15) is 16.8 Å². The van der Waals surface area contributed by atoms with E-state index >= 15 is 0 Å². The first kappa shape index (κ1) is 20.6. The molecule has 0 fully saturated rings. The van der Waals surface area contributed by atoms with Crippen LogP contribution in [-0.4, -0.2) is 22.8 Å². The molecule has 1 amide bonds. The van der Waals surface area contributed by atoms with E-state index in [1.165, 1.54) is 17.5 Å². The van der Waals surface area contributed by atoms with Crippen LogP contribution in [0.15, 0.2) is 54.0 Å². The van der Waals surface area contributed by atoms with Gasteiger partial charge in [0.2, 0.25) is 5.91 Å². The molecule has 0 aliphatic rings. The minimum atomic E-state index is -4.76. The molecule has 3 aromatic rings. The molecule has 0 saturated heterocycles. The fourth-order valence-corrected chi connectivity index (χ4v) is 4.92. The van der Waals surface area contributed by atoms with Gasteiger partial charge in [-0.15, -0.1) is 11.3 Å². The average molecular weight is 438 g/mol. The summed E-state index contributed by atoms with van der Waals surface area (Å²) in [6.07, 6.45) is 2.98. The summed E-state index contributed by atoms with van der Waals surface area (Å²) in [5.41, 5.74) is -0.576. The van der Waals surface area contributed by atoms with E-state index in [-0.39, 0.29) is 5.56 Å². The molecule has 3 N–H and O–H groups in total. The Morgan fingerprint density at radius 2 is 1.96 bits per heavy atom. The number of thiophene rings is 1. The highest BCUT2D eigenvalue weighted by atomic mass is 35.5. The zero-order chi connectivity index (χ0) is 20.3. The lowest BCUT2D eigenvalue weighted by Crippen LogP contribution is -2.25. The third-order valence-electron chi connectivity index (χ3n) is 4.06. The van der Waals surface area contributed by atoms with Crippen molar-refractivity contribution in [3.8, 4) is 5.75 Å². The van der Waals surface area contributed by atoms with Crippen LogP contribution in [0, 0.1) is 0 Å². The largest absolute Gasteiger partial charge is 0.497 e. The van der Waals surface area contributed by atoms with Crippen molar-refractivity contribution in [2.75, 3.05) is 7.11 Å². The first-order valence-electron chi connectivity index (χ1n) is 8.12. The lowest BCUT2D eigenvalue weighted by atomic mass is 10.1. The van der Waals surface area contributed by atoms with E-state index < -0.39 is 19.2 Å². The summed E-state index contributed by atoms with van der Waals surface area (Å²) in [6, 6.07) is 12.2. The topological polar surface area (TPSA) is 95.9 Å². The van der Waals surface area contributed by atoms with Gasteiger partial charge in [-0.25, -0.2) is 0 Å². The maximum absolute atomic E-state index is 12.6. The molecule has 28 heavy (non-hydrogen) atoms. The summed E-state index contributed by atoms with van der Waals surface area (Å²) >= 11 is 7.31. The molecule has 0 radical (unpaired) electrons. The predicted octanol–water partition coefficient (Wildman–Crippen LogP) is 4.57. The molecule has 3 rings (SSSR count). The number of carbonyl (C=O) groups excluding carboxylic acids is 1. The van der Waals surface area contributed by atoms with Crippen molar-refractivity contribution < 1.29 is 23.9 Å². The number of fused-ring (bicyclic) bond motifs is 1. The lowest BCUT2D eigenvalue weighted by Gasteiger charge is -2.16. The summed E-state index contributed by atoms with van der Waals surface area (Å²) in [7, 11) is -3.20. The summed E-state index contributed by atoms with van der Waals surface area (Å²) < 4.78 is 17.9. The third-order valence-corrected chi connectivity index (χ3v) is 6.46. The second-order valence-electron chi connectivity index (χ2n) is 5.94. The summed E-state index contributed by atoms with van der Waals surface area (Å²) in [5, 5.41) is 5.03. The van der Waals surface area contributed by atoms with Crippen LogP contribution in [0.2, 0.25) is 5.02 Å². The molecular formula is C19H17ClNO5PS. The number of ether oxygens (including phenoxy) is 1. The van der Waals surface area contributed by atoms with E-state index in [0.29, 0.717) is 16.2 Å². The zero-order valence-electron chi connectivity index (χ0n) is 14.7. The van der Waals surface area contributed by atoms with Gasteiger partial charge in [-0.05, 0) is 58.3 Å². The van der Waals surface area contributed by atoms with Crippen molar-refractivity contribution in [3.05, 3.63) is 70.2 Å². The minimum absolute atomic E-state index is 0.256. The first-order chi connectivity index (χ1) is 13.3. The Morgan fingerprint density at radius 1 is 1.25 bits per heavy atom. The fraction of sp³-hybridized carbons (Fsp3) is 0.105. The molecule has 0 spiro atoms. The van der Waals surface area contributed by atoms with Crippen molar-refractivity contribution in [3.63, 3.8) is 0 Å².